The molecule has 0 atom stereocenters. The molecule has 3 aromatic rings. The molecule has 21 heavy (non-hydrogen) atoms. The van der Waals surface area contributed by atoms with Gasteiger partial charge in [-0.15, -0.1) is 0 Å². The van der Waals surface area contributed by atoms with Crippen molar-refractivity contribution in [1.82, 2.24) is 0 Å². The predicted octanol–water partition coefficient (Wildman–Crippen LogP) is 5.34. The van der Waals surface area contributed by atoms with Gasteiger partial charge in [-0.05, 0) is 53.8 Å². The summed E-state index contributed by atoms with van der Waals surface area (Å²) in [5.74, 6) is 0.301. The lowest BCUT2D eigenvalue weighted by molar-refractivity contribution is 0.475. The van der Waals surface area contributed by atoms with Crippen LogP contribution < -0.4 is 0 Å². The lowest BCUT2D eigenvalue weighted by atomic mass is 9.92. The average Bonchev–Trinajstić information content (AvgIpc) is 2.51. The molecular weight excluding hydrogens is 256 g/mol. The van der Waals surface area contributed by atoms with E-state index in [1.807, 2.05) is 30.3 Å². The van der Waals surface area contributed by atoms with Crippen LogP contribution in [-0.2, 0) is 0 Å². The second-order valence-corrected chi connectivity index (χ2v) is 5.40. The van der Waals surface area contributed by atoms with Crippen molar-refractivity contribution in [3.63, 3.8) is 0 Å². The summed E-state index contributed by atoms with van der Waals surface area (Å²) < 4.78 is 0. The van der Waals surface area contributed by atoms with Gasteiger partial charge >= 0.3 is 0 Å². The lowest BCUT2D eigenvalue weighted by Gasteiger charge is -2.13. The van der Waals surface area contributed by atoms with E-state index in [1.165, 1.54) is 11.1 Å². The zero-order chi connectivity index (χ0) is 14.8. The first kappa shape index (κ1) is 13.4. The minimum absolute atomic E-state index is 0.301. The van der Waals surface area contributed by atoms with Gasteiger partial charge < -0.3 is 5.11 Å². The molecule has 0 radical (unpaired) electrons. The molecule has 0 saturated heterocycles. The Morgan fingerprint density at radius 3 is 1.76 bits per heavy atom. The SMILES string of the molecule is Cc1ccc(-c2cc(O)cc(-c3ccccc3)c2C)cc1. The third-order valence-electron chi connectivity index (χ3n) is 3.84. The normalized spacial score (nSPS) is 10.6. The zero-order valence-corrected chi connectivity index (χ0v) is 12.3. The van der Waals surface area contributed by atoms with Crippen molar-refractivity contribution in [2.75, 3.05) is 0 Å². The molecule has 0 fully saturated rings. The van der Waals surface area contributed by atoms with Crippen LogP contribution in [0.25, 0.3) is 22.3 Å². The van der Waals surface area contributed by atoms with E-state index in [9.17, 15) is 5.11 Å². The van der Waals surface area contributed by atoms with Gasteiger partial charge in [0.1, 0.15) is 5.75 Å². The quantitative estimate of drug-likeness (QED) is 0.668. The van der Waals surface area contributed by atoms with E-state index in [-0.39, 0.29) is 0 Å². The maximum absolute atomic E-state index is 10.1. The van der Waals surface area contributed by atoms with Gasteiger partial charge in [0.05, 0.1) is 0 Å². The molecule has 0 heterocycles. The Balaban J connectivity index is 2.19. The summed E-state index contributed by atoms with van der Waals surface area (Å²) in [5, 5.41) is 10.1. The summed E-state index contributed by atoms with van der Waals surface area (Å²) in [6.45, 7) is 4.19. The van der Waals surface area contributed by atoms with Crippen molar-refractivity contribution in [3.05, 3.63) is 77.9 Å². The molecule has 0 unspecified atom stereocenters. The van der Waals surface area contributed by atoms with E-state index in [2.05, 4.69) is 50.2 Å². The van der Waals surface area contributed by atoms with Crippen molar-refractivity contribution in [3.8, 4) is 28.0 Å². The Labute approximate surface area is 125 Å². The lowest BCUT2D eigenvalue weighted by Crippen LogP contribution is -1.89. The zero-order valence-electron chi connectivity index (χ0n) is 12.3. The molecule has 0 saturated carbocycles. The summed E-state index contributed by atoms with van der Waals surface area (Å²) in [5.41, 5.74) is 6.83. The molecule has 104 valence electrons. The fourth-order valence-corrected chi connectivity index (χ4v) is 2.65. The van der Waals surface area contributed by atoms with Gasteiger partial charge in [-0.25, -0.2) is 0 Å². The largest absolute Gasteiger partial charge is 0.508 e. The smallest absolute Gasteiger partial charge is 0.116 e. The maximum Gasteiger partial charge on any atom is 0.116 e. The number of rotatable bonds is 2. The summed E-state index contributed by atoms with van der Waals surface area (Å²) in [6.07, 6.45) is 0. The summed E-state index contributed by atoms with van der Waals surface area (Å²) in [7, 11) is 0. The Hall–Kier alpha value is -2.54. The molecule has 1 N–H and O–H groups in total. The highest BCUT2D eigenvalue weighted by molar-refractivity contribution is 5.80. The van der Waals surface area contributed by atoms with E-state index in [0.29, 0.717) is 5.75 Å². The summed E-state index contributed by atoms with van der Waals surface area (Å²) in [6, 6.07) is 22.3. The monoisotopic (exact) mass is 274 g/mol. The molecule has 0 aliphatic heterocycles. The maximum atomic E-state index is 10.1. The fraction of sp³-hybridized carbons (Fsp3) is 0.100. The van der Waals surface area contributed by atoms with Crippen LogP contribution in [0.3, 0.4) is 0 Å². The number of phenols is 1. The van der Waals surface area contributed by atoms with E-state index in [1.54, 1.807) is 0 Å². The van der Waals surface area contributed by atoms with Gasteiger partial charge in [-0.2, -0.15) is 0 Å². The summed E-state index contributed by atoms with van der Waals surface area (Å²) in [4.78, 5) is 0. The highest BCUT2D eigenvalue weighted by atomic mass is 16.3. The van der Waals surface area contributed by atoms with Crippen LogP contribution in [0.2, 0.25) is 0 Å². The van der Waals surface area contributed by atoms with E-state index in [0.717, 1.165) is 22.3 Å². The van der Waals surface area contributed by atoms with E-state index >= 15 is 0 Å². The number of aromatic hydroxyl groups is 1. The van der Waals surface area contributed by atoms with Crippen LogP contribution in [0, 0.1) is 13.8 Å². The molecular formula is C20H18O. The molecule has 3 aromatic carbocycles. The average molecular weight is 274 g/mol. The Morgan fingerprint density at radius 1 is 0.667 bits per heavy atom. The molecule has 1 nitrogen and oxygen atoms in total. The van der Waals surface area contributed by atoms with Gasteiger partial charge in [0.15, 0.2) is 0 Å². The minimum Gasteiger partial charge on any atom is -0.508 e. The molecule has 0 bridgehead atoms. The van der Waals surface area contributed by atoms with Crippen LogP contribution in [0.1, 0.15) is 11.1 Å². The van der Waals surface area contributed by atoms with Crippen LogP contribution in [0.4, 0.5) is 0 Å². The van der Waals surface area contributed by atoms with Gasteiger partial charge in [0, 0.05) is 0 Å². The van der Waals surface area contributed by atoms with Crippen molar-refractivity contribution >= 4 is 0 Å². The Morgan fingerprint density at radius 2 is 1.19 bits per heavy atom. The van der Waals surface area contributed by atoms with Gasteiger partial charge in [0.2, 0.25) is 0 Å². The van der Waals surface area contributed by atoms with Crippen LogP contribution in [0.15, 0.2) is 66.7 Å². The van der Waals surface area contributed by atoms with E-state index < -0.39 is 0 Å². The third kappa shape index (κ3) is 2.68. The number of aryl methyl sites for hydroxylation is 1. The van der Waals surface area contributed by atoms with Crippen LogP contribution in [-0.4, -0.2) is 5.11 Å². The second kappa shape index (κ2) is 5.45. The number of hydrogen-bond donors (Lipinski definition) is 1. The van der Waals surface area contributed by atoms with Gasteiger partial charge in [-0.1, -0.05) is 60.2 Å². The van der Waals surface area contributed by atoms with Crippen molar-refractivity contribution < 1.29 is 5.11 Å². The second-order valence-electron chi connectivity index (χ2n) is 5.40. The fourth-order valence-electron chi connectivity index (χ4n) is 2.65. The highest BCUT2D eigenvalue weighted by Crippen LogP contribution is 2.35. The standard InChI is InChI=1S/C20H18O/c1-14-8-10-17(11-9-14)20-13-18(21)12-19(15(20)2)16-6-4-3-5-7-16/h3-13,21H,1-2H3. The van der Waals surface area contributed by atoms with Crippen molar-refractivity contribution in [2.24, 2.45) is 0 Å². The van der Waals surface area contributed by atoms with Crippen molar-refractivity contribution in [2.45, 2.75) is 13.8 Å². The molecule has 0 spiro atoms. The number of benzene rings is 3. The number of phenolic OH excluding ortho intramolecular Hbond substituents is 1. The first-order chi connectivity index (χ1) is 10.1. The summed E-state index contributed by atoms with van der Waals surface area (Å²) >= 11 is 0. The number of hydrogen-bond acceptors (Lipinski definition) is 1. The first-order valence-corrected chi connectivity index (χ1v) is 7.11. The molecule has 3 rings (SSSR count). The van der Waals surface area contributed by atoms with Crippen molar-refractivity contribution in [1.29, 1.82) is 0 Å². The molecule has 0 aliphatic rings. The highest BCUT2D eigenvalue weighted by Gasteiger charge is 2.10. The third-order valence-corrected chi connectivity index (χ3v) is 3.84. The molecule has 0 aliphatic carbocycles. The Bertz CT molecular complexity index is 756. The van der Waals surface area contributed by atoms with E-state index in [4.69, 9.17) is 0 Å². The Kier molecular flexibility index (Phi) is 3.49. The topological polar surface area (TPSA) is 20.2 Å². The van der Waals surface area contributed by atoms with Crippen LogP contribution >= 0.6 is 0 Å². The molecule has 1 heteroatoms. The minimum atomic E-state index is 0.301. The molecule has 0 amide bonds. The van der Waals surface area contributed by atoms with Crippen LogP contribution in [0.5, 0.6) is 5.75 Å². The van der Waals surface area contributed by atoms with Gasteiger partial charge in [-0.3, -0.25) is 0 Å². The molecule has 0 aromatic heterocycles. The first-order valence-electron chi connectivity index (χ1n) is 7.11. The van der Waals surface area contributed by atoms with Gasteiger partial charge in [0.25, 0.3) is 0 Å². The predicted molar refractivity (Wildman–Crippen MR) is 88.5 cm³/mol.